The number of nitrogens with two attached hydrogens (primary N) is 2. The summed E-state index contributed by atoms with van der Waals surface area (Å²) in [4.78, 5) is 143. The molecule has 1 aromatic rings. The number of rotatable bonds is 24. The first-order valence-corrected chi connectivity index (χ1v) is 26.7. The fourth-order valence-corrected chi connectivity index (χ4v) is 9.89. The molecule has 78 heavy (non-hydrogen) atoms. The molecule has 0 aliphatic carbocycles. The Hall–Kier alpha value is -6.97. The number of carboxylic acid groups (broad SMARTS) is 4. The zero-order valence-electron chi connectivity index (χ0n) is 45.5. The summed E-state index contributed by atoms with van der Waals surface area (Å²) in [7, 11) is 0. The van der Waals surface area contributed by atoms with Gasteiger partial charge in [-0.15, -0.1) is 0 Å². The highest BCUT2D eigenvalue weighted by molar-refractivity contribution is 5.98. The predicted octanol–water partition coefficient (Wildman–Crippen LogP) is -2.30. The number of carboxylic acids is 4. The van der Waals surface area contributed by atoms with Crippen molar-refractivity contribution < 1.29 is 68.4 Å². The van der Waals surface area contributed by atoms with Crippen LogP contribution in [-0.4, -0.2) is 225 Å². The SMILES string of the molecule is CCC(N=C(N)N)[C@@H]1NC(=O)[C@H](CCCCNC(=O)CN2C[C@H](CC)N(CC(=O)O)C[C@H](CC)N(CC(=O)O)C[C@H](CC)N(CC(=O)O)C[C@@H]2CC)NC(=O)[C@@H](Cc2ccccc2)NC(=O)[C@H](CC(=O)O)NC(=O)CNC1=O. The summed E-state index contributed by atoms with van der Waals surface area (Å²) in [5.41, 5.74) is 12.0. The molecule has 1 aromatic carbocycles. The molecule has 6 amide bonds. The molecule has 27 heteroatoms. The first-order chi connectivity index (χ1) is 37.0. The molecule has 27 nitrogen and oxygen atoms in total. The Balaban J connectivity index is 1.97. The van der Waals surface area contributed by atoms with Crippen LogP contribution in [-0.2, 0) is 54.4 Å². The van der Waals surface area contributed by atoms with Gasteiger partial charge in [-0.2, -0.15) is 0 Å². The fourth-order valence-electron chi connectivity index (χ4n) is 9.89. The van der Waals surface area contributed by atoms with E-state index in [9.17, 15) is 68.4 Å². The van der Waals surface area contributed by atoms with Gasteiger partial charge in [-0.25, -0.2) is 4.99 Å². The largest absolute Gasteiger partial charge is 0.481 e. The van der Waals surface area contributed by atoms with Crippen molar-refractivity contribution in [3.8, 4) is 0 Å². The minimum absolute atomic E-state index is 0.0726. The lowest BCUT2D eigenvalue weighted by Gasteiger charge is -2.45. The molecule has 1 unspecified atom stereocenters. The number of nitrogens with one attached hydrogen (secondary N) is 6. The Labute approximate surface area is 455 Å². The average Bonchev–Trinajstić information content (AvgIpc) is 3.37. The van der Waals surface area contributed by atoms with Gasteiger partial charge in [-0.1, -0.05) is 65.0 Å². The quantitative estimate of drug-likeness (QED) is 0.0294. The third kappa shape index (κ3) is 22.2. The monoisotopic (exact) mass is 1100 g/mol. The number of unbranched alkanes of at least 4 members (excludes halogenated alkanes) is 1. The first-order valence-electron chi connectivity index (χ1n) is 26.7. The second kappa shape index (κ2) is 33.4. The second-order valence-corrected chi connectivity index (χ2v) is 19.8. The van der Waals surface area contributed by atoms with Gasteiger partial charge >= 0.3 is 23.9 Å². The van der Waals surface area contributed by atoms with Crippen molar-refractivity contribution in [1.82, 2.24) is 51.5 Å². The average molecular weight is 1100 g/mol. The van der Waals surface area contributed by atoms with E-state index in [1.807, 2.05) is 42.4 Å². The van der Waals surface area contributed by atoms with Gasteiger partial charge in [0, 0.05) is 63.3 Å². The highest BCUT2D eigenvalue weighted by atomic mass is 16.4. The zero-order chi connectivity index (χ0) is 58.1. The molecule has 0 aromatic heterocycles. The molecule has 2 aliphatic heterocycles. The molecular formula is C51H83N13O14. The van der Waals surface area contributed by atoms with Gasteiger partial charge in [0.2, 0.25) is 35.4 Å². The van der Waals surface area contributed by atoms with Crippen molar-refractivity contribution >= 4 is 65.3 Å². The van der Waals surface area contributed by atoms with Gasteiger partial charge in [0.1, 0.15) is 24.2 Å². The minimum Gasteiger partial charge on any atom is -0.481 e. The van der Waals surface area contributed by atoms with E-state index in [4.69, 9.17) is 11.5 Å². The molecule has 3 rings (SSSR count). The van der Waals surface area contributed by atoms with Crippen LogP contribution in [0.5, 0.6) is 0 Å². The van der Waals surface area contributed by atoms with Crippen LogP contribution in [0.1, 0.15) is 98.0 Å². The Morgan fingerprint density at radius 2 is 1.06 bits per heavy atom. The van der Waals surface area contributed by atoms with E-state index in [2.05, 4.69) is 36.9 Å². The van der Waals surface area contributed by atoms with Crippen LogP contribution in [0.15, 0.2) is 35.3 Å². The molecule has 2 fully saturated rings. The lowest BCUT2D eigenvalue weighted by atomic mass is 10.0. The van der Waals surface area contributed by atoms with Gasteiger partial charge in [0.25, 0.3) is 0 Å². The Morgan fingerprint density at radius 3 is 1.51 bits per heavy atom. The van der Waals surface area contributed by atoms with Crippen LogP contribution in [0, 0.1) is 0 Å². The summed E-state index contributed by atoms with van der Waals surface area (Å²) in [5.74, 6) is -10.1. The Bertz CT molecular complexity index is 2210. The van der Waals surface area contributed by atoms with Gasteiger partial charge in [0.05, 0.1) is 45.2 Å². The van der Waals surface area contributed by atoms with Gasteiger partial charge in [0.15, 0.2) is 5.96 Å². The number of aliphatic carboxylic acids is 4. The number of carbonyl (C=O) groups excluding carboxylic acids is 6. The standard InChI is InChI=1S/C51H83N13O14/c1-6-32-24-62(28-43(69)70)34(8-3)26-64(30-45(73)74)35(9-4)25-63(29-44(71)72)33(7-2)23-61(32)27-41(66)54-19-15-14-18-37-47(75)60-46(36(10-5)59-51(52)53)50(78)55-22-40(65)56-39(21-42(67)68)49(77)58-38(48(76)57-37)20-31-16-12-11-13-17-31/h11-13,16-17,32-39,46H,6-10,14-15,18-30H2,1-5H3,(H,54,66)(H,55,78)(H,56,65)(H,57,76)(H,58,77)(H,60,75)(H,67,68)(H,69,70)(H,71,72)(H,73,74)(H4,52,53,59)/t32-,33-,34-,35-,36?,37-,38+,39-,46-/m0/s1. The molecule has 9 atom stereocenters. The smallest absolute Gasteiger partial charge is 0.317 e. The van der Waals surface area contributed by atoms with Crippen LogP contribution in [0.25, 0.3) is 0 Å². The summed E-state index contributed by atoms with van der Waals surface area (Å²) in [6.45, 7) is 8.25. The Morgan fingerprint density at radius 1 is 0.603 bits per heavy atom. The molecule has 2 heterocycles. The number of aliphatic imine (C=N–C) groups is 1. The molecule has 436 valence electrons. The van der Waals surface area contributed by atoms with Gasteiger partial charge < -0.3 is 63.8 Å². The topological polar surface area (TPSA) is 401 Å². The highest BCUT2D eigenvalue weighted by Crippen LogP contribution is 2.21. The maximum absolute atomic E-state index is 14.3. The maximum atomic E-state index is 14.3. The molecule has 2 aliphatic rings. The normalized spacial score (nSPS) is 24.7. The van der Waals surface area contributed by atoms with E-state index in [-0.39, 0.29) is 91.0 Å². The first kappa shape index (κ1) is 65.3. The zero-order valence-corrected chi connectivity index (χ0v) is 45.5. The van der Waals surface area contributed by atoms with Crippen molar-refractivity contribution in [2.75, 3.05) is 65.4 Å². The summed E-state index contributed by atoms with van der Waals surface area (Å²) in [5, 5.41) is 55.2. The number of hydrogen-bond acceptors (Lipinski definition) is 15. The van der Waals surface area contributed by atoms with Crippen molar-refractivity contribution in [2.45, 2.75) is 153 Å². The van der Waals surface area contributed by atoms with Crippen molar-refractivity contribution in [2.24, 2.45) is 16.5 Å². The van der Waals surface area contributed by atoms with Crippen molar-refractivity contribution in [3.05, 3.63) is 35.9 Å². The van der Waals surface area contributed by atoms with E-state index in [1.54, 1.807) is 42.2 Å². The number of hydrogen-bond donors (Lipinski definition) is 12. The lowest BCUT2D eigenvalue weighted by molar-refractivity contribution is -0.143. The van der Waals surface area contributed by atoms with Crippen LogP contribution in [0.3, 0.4) is 0 Å². The van der Waals surface area contributed by atoms with Crippen molar-refractivity contribution in [1.29, 1.82) is 0 Å². The number of nitrogens with zero attached hydrogens (tertiary/aromatic N) is 5. The molecule has 0 radical (unpaired) electrons. The minimum atomic E-state index is -1.68. The number of carbonyl (C=O) groups is 10. The molecule has 2 saturated heterocycles. The molecule has 0 bridgehead atoms. The molecule has 0 saturated carbocycles. The Kier molecular flexibility index (Phi) is 27.9. The molecule has 0 spiro atoms. The number of benzene rings is 1. The lowest BCUT2D eigenvalue weighted by Crippen LogP contribution is -2.60. The summed E-state index contributed by atoms with van der Waals surface area (Å²) in [6, 6.07) is -0.119. The predicted molar refractivity (Wildman–Crippen MR) is 285 cm³/mol. The third-order valence-corrected chi connectivity index (χ3v) is 14.0. The molecule has 14 N–H and O–H groups in total. The third-order valence-electron chi connectivity index (χ3n) is 14.0. The van der Waals surface area contributed by atoms with E-state index < -0.39 is 133 Å². The number of guanidine groups is 1. The van der Waals surface area contributed by atoms with E-state index in [0.717, 1.165) is 0 Å². The second-order valence-electron chi connectivity index (χ2n) is 19.8. The maximum Gasteiger partial charge on any atom is 0.317 e. The van der Waals surface area contributed by atoms with E-state index >= 15 is 0 Å². The van der Waals surface area contributed by atoms with Crippen LogP contribution in [0.2, 0.25) is 0 Å². The summed E-state index contributed by atoms with van der Waals surface area (Å²) < 4.78 is 0. The highest BCUT2D eigenvalue weighted by Gasteiger charge is 2.38. The summed E-state index contributed by atoms with van der Waals surface area (Å²) >= 11 is 0. The van der Waals surface area contributed by atoms with Gasteiger partial charge in [-0.3, -0.25) is 67.5 Å². The number of amides is 6. The van der Waals surface area contributed by atoms with Crippen LogP contribution >= 0.6 is 0 Å². The van der Waals surface area contributed by atoms with Gasteiger partial charge in [-0.05, 0) is 56.9 Å². The van der Waals surface area contributed by atoms with Crippen LogP contribution in [0.4, 0.5) is 0 Å². The van der Waals surface area contributed by atoms with E-state index in [0.29, 0.717) is 31.2 Å². The fraction of sp³-hybridized carbons (Fsp3) is 0.667. The van der Waals surface area contributed by atoms with Crippen molar-refractivity contribution in [3.63, 3.8) is 0 Å². The van der Waals surface area contributed by atoms with E-state index in [1.165, 1.54) is 0 Å². The van der Waals surface area contributed by atoms with Crippen LogP contribution < -0.4 is 43.4 Å². The molecular weight excluding hydrogens is 1020 g/mol. The summed E-state index contributed by atoms with van der Waals surface area (Å²) in [6.07, 6.45) is 1.40.